The van der Waals surface area contributed by atoms with Gasteiger partial charge in [0.1, 0.15) is 0 Å². The zero-order valence-electron chi connectivity index (χ0n) is 9.80. The third kappa shape index (κ3) is 2.32. The van der Waals surface area contributed by atoms with Gasteiger partial charge in [0, 0.05) is 12.0 Å². The Kier molecular flexibility index (Phi) is 2.84. The molecular weight excluding hydrogens is 252 g/mol. The van der Waals surface area contributed by atoms with Crippen LogP contribution in [-0.4, -0.2) is 21.2 Å². The summed E-state index contributed by atoms with van der Waals surface area (Å²) >= 11 is 3.29. The van der Waals surface area contributed by atoms with Gasteiger partial charge in [-0.3, -0.25) is 0 Å². The third-order valence-corrected chi connectivity index (χ3v) is 4.44. The van der Waals surface area contributed by atoms with Gasteiger partial charge in [-0.2, -0.15) is 0 Å². The van der Waals surface area contributed by atoms with Crippen molar-refractivity contribution in [2.75, 3.05) is 5.32 Å². The molecule has 0 unspecified atom stereocenters. The molecular formula is C11H14N4S2. The number of nitrogens with one attached hydrogen (secondary N) is 1. The first-order valence-corrected chi connectivity index (χ1v) is 7.47. The minimum Gasteiger partial charge on any atom is -0.358 e. The molecule has 0 aromatic carbocycles. The molecule has 0 spiro atoms. The molecule has 3 rings (SSSR count). The molecule has 0 aliphatic heterocycles. The molecule has 1 N–H and O–H groups in total. The monoisotopic (exact) mass is 266 g/mol. The number of rotatable bonds is 4. The Morgan fingerprint density at radius 2 is 2.18 bits per heavy atom. The molecule has 0 amide bonds. The van der Waals surface area contributed by atoms with Gasteiger partial charge >= 0.3 is 0 Å². The van der Waals surface area contributed by atoms with Crippen LogP contribution in [0.15, 0.2) is 5.51 Å². The lowest BCUT2D eigenvalue weighted by molar-refractivity contribution is 0.888. The summed E-state index contributed by atoms with van der Waals surface area (Å²) in [7, 11) is 0. The van der Waals surface area contributed by atoms with Gasteiger partial charge in [-0.05, 0) is 26.7 Å². The lowest BCUT2D eigenvalue weighted by atomic mass is 10.2. The Morgan fingerprint density at radius 1 is 1.35 bits per heavy atom. The first kappa shape index (κ1) is 11.1. The van der Waals surface area contributed by atoms with Gasteiger partial charge < -0.3 is 5.32 Å². The highest BCUT2D eigenvalue weighted by Crippen LogP contribution is 2.45. The fourth-order valence-corrected chi connectivity index (χ4v) is 3.54. The minimum atomic E-state index is 0.389. The lowest BCUT2D eigenvalue weighted by Gasteiger charge is -2.03. The Labute approximate surface area is 108 Å². The van der Waals surface area contributed by atoms with E-state index in [1.165, 1.54) is 23.4 Å². The Hall–Kier alpha value is -1.01. The van der Waals surface area contributed by atoms with Crippen LogP contribution in [0.5, 0.6) is 0 Å². The highest BCUT2D eigenvalue weighted by molar-refractivity contribution is 7.22. The number of nitrogens with zero attached hydrogens (tertiary/aromatic N) is 3. The molecule has 0 radical (unpaired) electrons. The topological polar surface area (TPSA) is 50.7 Å². The molecule has 6 heteroatoms. The second-order valence-electron chi connectivity index (χ2n) is 4.55. The molecule has 4 nitrogen and oxygen atoms in total. The molecule has 17 heavy (non-hydrogen) atoms. The maximum absolute atomic E-state index is 4.46. The number of hydrogen-bond acceptors (Lipinski definition) is 6. The average Bonchev–Trinajstić information content (AvgIpc) is 2.84. The number of thiazole rings is 1. The molecule has 1 fully saturated rings. The first-order valence-electron chi connectivity index (χ1n) is 5.78. The van der Waals surface area contributed by atoms with E-state index < -0.39 is 0 Å². The van der Waals surface area contributed by atoms with Crippen LogP contribution < -0.4 is 5.32 Å². The summed E-state index contributed by atoms with van der Waals surface area (Å²) in [6.45, 7) is 4.20. The quantitative estimate of drug-likeness (QED) is 0.922. The molecule has 0 atom stereocenters. The normalized spacial score (nSPS) is 15.5. The maximum atomic E-state index is 4.46. The molecule has 2 aromatic rings. The fraction of sp³-hybridized carbons (Fsp3) is 0.545. The van der Waals surface area contributed by atoms with Gasteiger partial charge in [-0.25, -0.2) is 4.98 Å². The molecule has 0 bridgehead atoms. The van der Waals surface area contributed by atoms with Crippen molar-refractivity contribution in [3.8, 4) is 9.88 Å². The highest BCUT2D eigenvalue weighted by atomic mass is 32.1. The summed E-state index contributed by atoms with van der Waals surface area (Å²) in [5.41, 5.74) is 3.14. The average molecular weight is 266 g/mol. The van der Waals surface area contributed by atoms with Gasteiger partial charge in [0.05, 0.1) is 16.1 Å². The molecule has 2 heterocycles. The van der Waals surface area contributed by atoms with Gasteiger partial charge in [0.2, 0.25) is 5.13 Å². The van der Waals surface area contributed by atoms with Crippen LogP contribution in [0.2, 0.25) is 0 Å². The van der Waals surface area contributed by atoms with Crippen LogP contribution in [0.4, 0.5) is 5.13 Å². The van der Waals surface area contributed by atoms with Crippen LogP contribution in [-0.2, 0) is 0 Å². The standard InChI is InChI=1S/C11H14N4S2/c1-6(2)13-11-15-14-10(17-11)9-8(7-3-4-7)12-5-16-9/h5-7H,3-4H2,1-2H3,(H,13,15). The van der Waals surface area contributed by atoms with E-state index in [9.17, 15) is 0 Å². The highest BCUT2D eigenvalue weighted by Gasteiger charge is 2.29. The number of aromatic nitrogens is 3. The van der Waals surface area contributed by atoms with Crippen molar-refractivity contribution < 1.29 is 0 Å². The SMILES string of the molecule is CC(C)Nc1nnc(-c2scnc2C2CC2)s1. The second kappa shape index (κ2) is 4.34. The Balaban J connectivity index is 1.87. The molecule has 1 saturated carbocycles. The van der Waals surface area contributed by atoms with Crippen molar-refractivity contribution in [3.05, 3.63) is 11.2 Å². The predicted octanol–water partition coefficient (Wildman–Crippen LogP) is 3.36. The Bertz CT molecular complexity index is 513. The summed E-state index contributed by atoms with van der Waals surface area (Å²) in [6.07, 6.45) is 2.54. The van der Waals surface area contributed by atoms with Crippen molar-refractivity contribution in [3.63, 3.8) is 0 Å². The van der Waals surface area contributed by atoms with E-state index >= 15 is 0 Å². The maximum Gasteiger partial charge on any atom is 0.206 e. The van der Waals surface area contributed by atoms with E-state index in [4.69, 9.17) is 0 Å². The third-order valence-electron chi connectivity index (χ3n) is 2.59. The van der Waals surface area contributed by atoms with E-state index in [1.807, 2.05) is 5.51 Å². The van der Waals surface area contributed by atoms with Gasteiger partial charge in [-0.1, -0.05) is 11.3 Å². The van der Waals surface area contributed by atoms with E-state index in [1.54, 1.807) is 22.7 Å². The summed E-state index contributed by atoms with van der Waals surface area (Å²) in [4.78, 5) is 5.67. The summed E-state index contributed by atoms with van der Waals surface area (Å²) < 4.78 is 0. The van der Waals surface area contributed by atoms with Crippen LogP contribution in [0.3, 0.4) is 0 Å². The Morgan fingerprint density at radius 3 is 2.88 bits per heavy atom. The first-order chi connectivity index (χ1) is 8.24. The minimum absolute atomic E-state index is 0.389. The van der Waals surface area contributed by atoms with Gasteiger partial charge in [0.25, 0.3) is 0 Å². The summed E-state index contributed by atoms with van der Waals surface area (Å²) in [6, 6.07) is 0.389. The number of hydrogen-bond donors (Lipinski definition) is 1. The zero-order chi connectivity index (χ0) is 11.8. The smallest absolute Gasteiger partial charge is 0.206 e. The van der Waals surface area contributed by atoms with E-state index in [0.717, 1.165) is 10.1 Å². The van der Waals surface area contributed by atoms with Crippen molar-refractivity contribution >= 4 is 27.8 Å². The summed E-state index contributed by atoms with van der Waals surface area (Å²) in [5, 5.41) is 13.6. The molecule has 0 saturated heterocycles. The fourth-order valence-electron chi connectivity index (χ4n) is 1.68. The van der Waals surface area contributed by atoms with Crippen molar-refractivity contribution in [1.82, 2.24) is 15.2 Å². The second-order valence-corrected chi connectivity index (χ2v) is 6.38. The van der Waals surface area contributed by atoms with Crippen LogP contribution in [0.1, 0.15) is 38.3 Å². The summed E-state index contributed by atoms with van der Waals surface area (Å²) in [5.74, 6) is 0.668. The predicted molar refractivity (Wildman–Crippen MR) is 71.8 cm³/mol. The van der Waals surface area contributed by atoms with E-state index in [0.29, 0.717) is 12.0 Å². The van der Waals surface area contributed by atoms with E-state index in [-0.39, 0.29) is 0 Å². The van der Waals surface area contributed by atoms with E-state index in [2.05, 4.69) is 34.3 Å². The number of anilines is 1. The van der Waals surface area contributed by atoms with Crippen molar-refractivity contribution in [1.29, 1.82) is 0 Å². The molecule has 1 aliphatic carbocycles. The van der Waals surface area contributed by atoms with Crippen LogP contribution in [0, 0.1) is 0 Å². The van der Waals surface area contributed by atoms with Crippen molar-refractivity contribution in [2.45, 2.75) is 38.6 Å². The van der Waals surface area contributed by atoms with Crippen LogP contribution in [0.25, 0.3) is 9.88 Å². The molecule has 1 aliphatic rings. The molecule has 90 valence electrons. The van der Waals surface area contributed by atoms with Crippen molar-refractivity contribution in [2.24, 2.45) is 0 Å². The lowest BCUT2D eigenvalue weighted by Crippen LogP contribution is -2.08. The zero-order valence-corrected chi connectivity index (χ0v) is 11.4. The largest absolute Gasteiger partial charge is 0.358 e. The van der Waals surface area contributed by atoms with Gasteiger partial charge in [-0.15, -0.1) is 21.5 Å². The molecule has 2 aromatic heterocycles. The van der Waals surface area contributed by atoms with Crippen LogP contribution >= 0.6 is 22.7 Å². The van der Waals surface area contributed by atoms with Gasteiger partial charge in [0.15, 0.2) is 5.01 Å².